The van der Waals surface area contributed by atoms with Gasteiger partial charge in [0.1, 0.15) is 0 Å². The Bertz CT molecular complexity index is 34.0. The van der Waals surface area contributed by atoms with Crippen molar-refractivity contribution in [3.63, 3.8) is 0 Å². The second-order valence-corrected chi connectivity index (χ2v) is 2.28. The summed E-state index contributed by atoms with van der Waals surface area (Å²) < 4.78 is 7.03. The van der Waals surface area contributed by atoms with Crippen LogP contribution < -0.4 is 0 Å². The highest BCUT2D eigenvalue weighted by atomic mass is 13.9. The Morgan fingerprint density at radius 3 is 1.33 bits per heavy atom. The van der Waals surface area contributed by atoms with Gasteiger partial charge in [-0.05, 0) is 5.92 Å². The van der Waals surface area contributed by atoms with Crippen molar-refractivity contribution in [1.29, 1.82) is 0 Å². The molecule has 0 aromatic heterocycles. The molecule has 0 heteroatoms. The third-order valence-corrected chi connectivity index (χ3v) is 0.667. The lowest BCUT2D eigenvalue weighted by Gasteiger charge is -1.90. The fourth-order valence-corrected chi connectivity index (χ4v) is 0. The highest BCUT2D eigenvalue weighted by Gasteiger charge is 1.80. The van der Waals surface area contributed by atoms with E-state index in [4.69, 9.17) is 1.37 Å². The van der Waals surface area contributed by atoms with Crippen molar-refractivity contribution in [3.8, 4) is 0 Å². The van der Waals surface area contributed by atoms with Crippen molar-refractivity contribution in [2.24, 2.45) is 5.92 Å². The Hall–Kier alpha value is 0. The van der Waals surface area contributed by atoms with E-state index < -0.39 is 0 Å². The fraction of sp³-hybridized carbons (Fsp3) is 1.00. The highest BCUT2D eigenvalue weighted by molar-refractivity contribution is 4.32. The van der Waals surface area contributed by atoms with Gasteiger partial charge in [0.2, 0.25) is 0 Å². The molecule has 0 aromatic carbocycles. The summed E-state index contributed by atoms with van der Waals surface area (Å²) in [7, 11) is 0. The number of hydrogen-bond acceptors (Lipinski definition) is 0. The predicted molar refractivity (Wildman–Crippen MR) is 47.8 cm³/mol. The van der Waals surface area contributed by atoms with Gasteiger partial charge in [-0.2, -0.15) is 0 Å². The highest BCUT2D eigenvalue weighted by Crippen LogP contribution is 1.93. The van der Waals surface area contributed by atoms with Crippen LogP contribution in [0.5, 0.6) is 0 Å². The van der Waals surface area contributed by atoms with Crippen LogP contribution in [0.15, 0.2) is 0 Å². The molecule has 0 saturated carbocycles. The Kier molecular flexibility index (Phi) is 20.5. The Labute approximate surface area is 63.1 Å². The lowest BCUT2D eigenvalue weighted by atomic mass is 10.2. The Morgan fingerprint density at radius 2 is 1.33 bits per heavy atom. The van der Waals surface area contributed by atoms with Crippen LogP contribution in [0, 0.1) is 5.92 Å². The monoisotopic (exact) mass is 133 g/mol. The first kappa shape index (κ1) is 11.8. The molecule has 1 atom stereocenters. The van der Waals surface area contributed by atoms with E-state index in [9.17, 15) is 0 Å². The van der Waals surface area contributed by atoms with Gasteiger partial charge in [0.25, 0.3) is 0 Å². The van der Waals surface area contributed by atoms with Crippen molar-refractivity contribution >= 4 is 0 Å². The van der Waals surface area contributed by atoms with Crippen LogP contribution in [0.4, 0.5) is 0 Å². The molecule has 0 aliphatic carbocycles. The van der Waals surface area contributed by atoms with Gasteiger partial charge in [-0.15, -0.1) is 0 Å². The lowest BCUT2D eigenvalue weighted by Crippen LogP contribution is -1.77. The molecule has 0 spiro atoms. The molecule has 0 amide bonds. The topological polar surface area (TPSA) is 0 Å². The Morgan fingerprint density at radius 1 is 1.22 bits per heavy atom. The Balaban J connectivity index is -0.000000107. The van der Waals surface area contributed by atoms with E-state index >= 15 is 0 Å². The largest absolute Gasteiger partial charge is 0.0776 e. The molecule has 0 radical (unpaired) electrons. The average molecular weight is 133 g/mol. The van der Waals surface area contributed by atoms with E-state index in [-0.39, 0.29) is 13.8 Å². The average Bonchev–Trinajstić information content (AvgIpc) is 1.68. The van der Waals surface area contributed by atoms with Gasteiger partial charge in [-0.1, -0.05) is 54.9 Å². The standard InChI is InChI=1S/C5H12.C3H8.CH4/c1-4-5(2)3;1-3-2;/h5H,4H2,1-3H3;3H2,1-2H3;1H4/i4D;;. The third kappa shape index (κ3) is 72.0. The molecule has 0 aliphatic heterocycles. The van der Waals surface area contributed by atoms with Crippen LogP contribution in [0.25, 0.3) is 0 Å². The second kappa shape index (κ2) is 15.7. The van der Waals surface area contributed by atoms with Crippen LogP contribution >= 0.6 is 0 Å². The normalized spacial score (nSPS) is 12.4. The zero-order valence-electron chi connectivity index (χ0n) is 7.86. The maximum Gasteiger partial charge on any atom is 0.0266 e. The molecule has 0 N–H and O–H groups in total. The van der Waals surface area contributed by atoms with Gasteiger partial charge in [0, 0.05) is 1.37 Å². The van der Waals surface area contributed by atoms with E-state index in [2.05, 4.69) is 27.7 Å². The summed E-state index contributed by atoms with van der Waals surface area (Å²) in [5.74, 6) is 0.519. The van der Waals surface area contributed by atoms with Crippen LogP contribution in [-0.2, 0) is 0 Å². The van der Waals surface area contributed by atoms with Gasteiger partial charge in [-0.3, -0.25) is 0 Å². The molecule has 9 heavy (non-hydrogen) atoms. The minimum absolute atomic E-state index is 0. The molecule has 0 rings (SSSR count). The molecule has 0 bridgehead atoms. The lowest BCUT2D eigenvalue weighted by molar-refractivity contribution is 0.626. The summed E-state index contributed by atoms with van der Waals surface area (Å²) in [6.45, 7) is 10.3. The molecule has 0 aromatic rings. The van der Waals surface area contributed by atoms with E-state index in [1.807, 2.05) is 6.92 Å². The first-order chi connectivity index (χ1) is 4.06. The predicted octanol–water partition coefficient (Wildman–Crippen LogP) is 4.10. The maximum atomic E-state index is 7.03. The summed E-state index contributed by atoms with van der Waals surface area (Å²) in [5, 5.41) is 0. The SMILES string of the molecule is C.CCC.[2H]C(C)C(C)C. The van der Waals surface area contributed by atoms with E-state index in [1.165, 1.54) is 6.42 Å². The fourth-order valence-electron chi connectivity index (χ4n) is 0. The molecular weight excluding hydrogens is 108 g/mol. The summed E-state index contributed by atoms with van der Waals surface area (Å²) in [6.07, 6.45) is 1.35. The van der Waals surface area contributed by atoms with Gasteiger partial charge in [0.15, 0.2) is 0 Å². The first-order valence-corrected chi connectivity index (χ1v) is 3.48. The summed E-state index contributed by atoms with van der Waals surface area (Å²) in [6, 6.07) is 0. The quantitative estimate of drug-likeness (QED) is 0.505. The van der Waals surface area contributed by atoms with E-state index in [0.29, 0.717) is 5.92 Å². The number of hydrogen-bond donors (Lipinski definition) is 0. The molecule has 0 heterocycles. The van der Waals surface area contributed by atoms with Crippen molar-refractivity contribution in [3.05, 3.63) is 0 Å². The van der Waals surface area contributed by atoms with E-state index in [1.54, 1.807) is 0 Å². The van der Waals surface area contributed by atoms with Gasteiger partial charge >= 0.3 is 0 Å². The first-order valence-electron chi connectivity index (χ1n) is 4.06. The summed E-state index contributed by atoms with van der Waals surface area (Å²) >= 11 is 0. The zero-order chi connectivity index (χ0) is 7.86. The van der Waals surface area contributed by atoms with Crippen LogP contribution in [0.1, 0.15) is 56.2 Å². The zero-order valence-corrected chi connectivity index (χ0v) is 6.86. The molecular formula is C9H24. The van der Waals surface area contributed by atoms with Crippen molar-refractivity contribution in [1.82, 2.24) is 0 Å². The molecule has 0 nitrogen and oxygen atoms in total. The summed E-state index contributed by atoms with van der Waals surface area (Å²) in [5.41, 5.74) is 0. The third-order valence-electron chi connectivity index (χ3n) is 0.667. The van der Waals surface area contributed by atoms with Crippen molar-refractivity contribution < 1.29 is 1.37 Å². The minimum atomic E-state index is 0. The van der Waals surface area contributed by atoms with Crippen LogP contribution in [0.3, 0.4) is 0 Å². The van der Waals surface area contributed by atoms with Gasteiger partial charge in [-0.25, -0.2) is 0 Å². The van der Waals surface area contributed by atoms with Crippen molar-refractivity contribution in [2.75, 3.05) is 0 Å². The maximum absolute atomic E-state index is 7.03. The smallest absolute Gasteiger partial charge is 0.0266 e. The molecule has 1 unspecified atom stereocenters. The molecule has 0 saturated heterocycles. The van der Waals surface area contributed by atoms with Crippen LogP contribution in [0.2, 0.25) is 0 Å². The minimum Gasteiger partial charge on any atom is -0.0776 e. The van der Waals surface area contributed by atoms with E-state index in [0.717, 1.165) is 0 Å². The summed E-state index contributed by atoms with van der Waals surface area (Å²) in [4.78, 5) is 0. The van der Waals surface area contributed by atoms with Gasteiger partial charge in [0.05, 0.1) is 0 Å². The van der Waals surface area contributed by atoms with Crippen LogP contribution in [-0.4, -0.2) is 0 Å². The molecule has 60 valence electrons. The molecule has 0 aliphatic rings. The number of rotatable bonds is 1. The van der Waals surface area contributed by atoms with Gasteiger partial charge < -0.3 is 0 Å². The van der Waals surface area contributed by atoms with Crippen molar-refractivity contribution in [2.45, 2.75) is 54.9 Å². The second-order valence-electron chi connectivity index (χ2n) is 2.28. The molecule has 0 fully saturated rings.